The summed E-state index contributed by atoms with van der Waals surface area (Å²) >= 11 is 0. The van der Waals surface area contributed by atoms with E-state index in [1.807, 2.05) is 79.7 Å². The number of ether oxygens (including phenoxy) is 2. The number of carbonyl (C=O) groups excluding carboxylic acids is 2. The molecule has 0 bridgehead atoms. The summed E-state index contributed by atoms with van der Waals surface area (Å²) in [7, 11) is -1.80. The maximum atomic E-state index is 16.3. The van der Waals surface area contributed by atoms with Crippen LogP contribution < -0.4 is 14.6 Å². The van der Waals surface area contributed by atoms with Crippen LogP contribution in [0.2, 0.25) is 18.6 Å². The van der Waals surface area contributed by atoms with E-state index in [4.69, 9.17) is 14.6 Å². The number of aliphatic hydroxyl groups is 1. The summed E-state index contributed by atoms with van der Waals surface area (Å²) in [5.41, 5.74) is 3.35. The van der Waals surface area contributed by atoms with E-state index in [0.717, 1.165) is 16.8 Å². The molecule has 0 unspecified atom stereocenters. The second-order valence-corrected chi connectivity index (χ2v) is 17.9. The first-order valence-electron chi connectivity index (χ1n) is 17.5. The number of amides is 2. The molecular formula is C38H43FN6O5Si. The predicted molar refractivity (Wildman–Crippen MR) is 194 cm³/mol. The Balaban J connectivity index is 1.21. The average Bonchev–Trinajstić information content (AvgIpc) is 3.77. The van der Waals surface area contributed by atoms with Gasteiger partial charge in [-0.05, 0) is 61.0 Å². The Morgan fingerprint density at radius 1 is 1.06 bits per heavy atom. The highest BCUT2D eigenvalue weighted by molar-refractivity contribution is 6.72. The van der Waals surface area contributed by atoms with E-state index < -0.39 is 31.6 Å². The molecular weight excluding hydrogens is 668 g/mol. The Labute approximate surface area is 297 Å². The maximum Gasteiger partial charge on any atom is 0.264 e. The van der Waals surface area contributed by atoms with Crippen molar-refractivity contribution in [1.82, 2.24) is 15.0 Å². The molecule has 1 aromatic heterocycles. The molecule has 3 aliphatic rings. The molecule has 1 saturated heterocycles. The third-order valence-electron chi connectivity index (χ3n) is 10.4. The molecule has 1 fully saturated rings. The van der Waals surface area contributed by atoms with Gasteiger partial charge in [0.15, 0.2) is 5.60 Å². The fraction of sp³-hybridized carbons (Fsp3) is 0.395. The summed E-state index contributed by atoms with van der Waals surface area (Å²) in [5, 5.41) is 23.8. The van der Waals surface area contributed by atoms with Crippen LogP contribution in [0.3, 0.4) is 0 Å². The van der Waals surface area contributed by atoms with Crippen molar-refractivity contribution in [2.24, 2.45) is 11.0 Å². The fourth-order valence-electron chi connectivity index (χ4n) is 8.08. The van der Waals surface area contributed by atoms with Gasteiger partial charge < -0.3 is 23.6 Å². The van der Waals surface area contributed by atoms with E-state index in [9.17, 15) is 14.7 Å². The summed E-state index contributed by atoms with van der Waals surface area (Å²) in [4.78, 5) is 29.7. The lowest BCUT2D eigenvalue weighted by atomic mass is 9.82. The molecule has 4 aromatic rings. The van der Waals surface area contributed by atoms with Crippen LogP contribution in [0.25, 0.3) is 0 Å². The third kappa shape index (κ3) is 6.38. The van der Waals surface area contributed by atoms with Gasteiger partial charge in [0.2, 0.25) is 14.3 Å². The Morgan fingerprint density at radius 3 is 2.61 bits per heavy atom. The lowest BCUT2D eigenvalue weighted by Crippen LogP contribution is -2.45. The van der Waals surface area contributed by atoms with Gasteiger partial charge in [-0.25, -0.2) is 5.01 Å². The molecule has 2 amide bonds. The van der Waals surface area contributed by atoms with Crippen LogP contribution in [0.15, 0.2) is 84.1 Å². The van der Waals surface area contributed by atoms with Crippen LogP contribution in [0, 0.1) is 5.92 Å². The van der Waals surface area contributed by atoms with E-state index in [0.29, 0.717) is 60.6 Å². The number of nitrogens with zero attached hydrogens (tertiary/aromatic N) is 6. The molecule has 1 spiro atoms. The van der Waals surface area contributed by atoms with E-state index in [1.165, 1.54) is 5.01 Å². The molecule has 0 radical (unpaired) electrons. The van der Waals surface area contributed by atoms with Gasteiger partial charge in [-0.2, -0.15) is 5.10 Å². The maximum absolute atomic E-state index is 16.3. The number of carbonyl (C=O) groups is 2. The average molecular weight is 711 g/mol. The number of hydrazone groups is 1. The van der Waals surface area contributed by atoms with Gasteiger partial charge in [-0.3, -0.25) is 14.3 Å². The number of anilines is 2. The summed E-state index contributed by atoms with van der Waals surface area (Å²) < 4.78 is 30.5. The standard InChI is InChI=1S/C38H43FN6O5Si/c1-25-36(51(3,4)39)34(17-19-43-24-28(18-20-46)40-42-43)50-38(25)31-22-30(49-2)13-15-33(31)44(37(38)48)23-26-9-8-12-29(21-26)45-35(47)16-14-32(41-45)27-10-6-5-7-11-27/h5-13,15,21-22,24-25,34,36,46H,14,16-20,23H2,1-4H3/t25-,34+,36-,38+/m0/s1. The Kier molecular flexibility index (Phi) is 9.38. The van der Waals surface area contributed by atoms with Gasteiger partial charge in [0.1, 0.15) is 5.75 Å². The second kappa shape index (κ2) is 13.8. The first-order chi connectivity index (χ1) is 24.5. The normalized spacial score (nSPS) is 23.3. The zero-order valence-electron chi connectivity index (χ0n) is 29.3. The molecule has 51 heavy (non-hydrogen) atoms. The van der Waals surface area contributed by atoms with Crippen LogP contribution in [0.1, 0.15) is 48.6 Å². The van der Waals surface area contributed by atoms with Crippen molar-refractivity contribution < 1.29 is 28.3 Å². The highest BCUT2D eigenvalue weighted by Crippen LogP contribution is 2.60. The number of rotatable bonds is 11. The number of hydrogen-bond acceptors (Lipinski definition) is 8. The smallest absolute Gasteiger partial charge is 0.264 e. The molecule has 0 saturated carbocycles. The number of halogens is 1. The van der Waals surface area contributed by atoms with Gasteiger partial charge >= 0.3 is 0 Å². The summed E-state index contributed by atoms with van der Waals surface area (Å²) in [5.74, 6) is -0.244. The molecule has 4 atom stereocenters. The van der Waals surface area contributed by atoms with Crippen molar-refractivity contribution in [1.29, 1.82) is 0 Å². The number of fused-ring (bicyclic) bond motifs is 2. The van der Waals surface area contributed by atoms with E-state index >= 15 is 4.11 Å². The number of hydrogen-bond donors (Lipinski definition) is 1. The molecule has 1 N–H and O–H groups in total. The van der Waals surface area contributed by atoms with Crippen molar-refractivity contribution in [2.45, 2.75) is 76.0 Å². The van der Waals surface area contributed by atoms with E-state index in [1.54, 1.807) is 36.0 Å². The Morgan fingerprint density at radius 2 is 1.86 bits per heavy atom. The van der Waals surface area contributed by atoms with Gasteiger partial charge in [0, 0.05) is 55.6 Å². The Bertz CT molecular complexity index is 1970. The molecule has 13 heteroatoms. The second-order valence-electron chi connectivity index (χ2n) is 14.1. The molecule has 266 valence electrons. The van der Waals surface area contributed by atoms with Crippen LogP contribution in [0.5, 0.6) is 5.75 Å². The molecule has 3 aliphatic heterocycles. The van der Waals surface area contributed by atoms with Crippen molar-refractivity contribution in [3.8, 4) is 5.75 Å². The third-order valence-corrected chi connectivity index (χ3v) is 12.9. The number of aliphatic hydroxyl groups excluding tert-OH is 1. The Hall–Kier alpha value is -4.72. The summed E-state index contributed by atoms with van der Waals surface area (Å²) in [6.07, 6.45) is 2.96. The minimum Gasteiger partial charge on any atom is -0.497 e. The van der Waals surface area contributed by atoms with Crippen molar-refractivity contribution in [2.75, 3.05) is 23.6 Å². The summed E-state index contributed by atoms with van der Waals surface area (Å²) in [6.45, 7) is 5.90. The van der Waals surface area contributed by atoms with Crippen LogP contribution in [-0.2, 0) is 39.4 Å². The molecule has 7 rings (SSSR count). The summed E-state index contributed by atoms with van der Waals surface area (Å²) in [6, 6.07) is 22.9. The van der Waals surface area contributed by atoms with Crippen molar-refractivity contribution in [3.05, 3.63) is 101 Å². The van der Waals surface area contributed by atoms with Gasteiger partial charge in [-0.15, -0.1) is 5.10 Å². The molecule has 3 aromatic carbocycles. The van der Waals surface area contributed by atoms with Crippen LogP contribution in [0.4, 0.5) is 15.5 Å². The van der Waals surface area contributed by atoms with E-state index in [-0.39, 0.29) is 25.0 Å². The number of aromatic nitrogens is 3. The number of aryl methyl sites for hydroxylation is 1. The number of benzene rings is 3. The zero-order valence-corrected chi connectivity index (χ0v) is 30.3. The van der Waals surface area contributed by atoms with Crippen molar-refractivity contribution >= 4 is 37.3 Å². The molecule has 0 aliphatic carbocycles. The monoisotopic (exact) mass is 710 g/mol. The first kappa shape index (κ1) is 34.7. The van der Waals surface area contributed by atoms with E-state index in [2.05, 4.69) is 10.3 Å². The lowest BCUT2D eigenvalue weighted by Gasteiger charge is -2.31. The zero-order chi connectivity index (χ0) is 35.9. The molecule has 4 heterocycles. The highest BCUT2D eigenvalue weighted by Gasteiger charge is 2.66. The van der Waals surface area contributed by atoms with Gasteiger partial charge in [-0.1, -0.05) is 54.6 Å². The highest BCUT2D eigenvalue weighted by atomic mass is 28.4. The number of methoxy groups -OCH3 is 1. The van der Waals surface area contributed by atoms with Gasteiger partial charge in [0.05, 0.1) is 42.5 Å². The van der Waals surface area contributed by atoms with Crippen molar-refractivity contribution in [3.63, 3.8) is 0 Å². The minimum atomic E-state index is -3.38. The topological polar surface area (TPSA) is 122 Å². The molecule has 11 nitrogen and oxygen atoms in total. The first-order valence-corrected chi connectivity index (χ1v) is 20.4. The lowest BCUT2D eigenvalue weighted by molar-refractivity contribution is -0.146. The van der Waals surface area contributed by atoms with Crippen LogP contribution in [-0.4, -0.2) is 65.9 Å². The SMILES string of the molecule is COc1ccc2c(c1)[C@@]1(O[C@H](CCn3cc(CCO)nn3)[C@@H]([Si](C)(C)F)[C@@H]1C)C(=O)N2Cc1cccc(N2N=C(c3ccccc3)CCC2=O)c1. The quantitative estimate of drug-likeness (QED) is 0.155. The largest absolute Gasteiger partial charge is 0.497 e. The van der Waals surface area contributed by atoms with Crippen LogP contribution >= 0.6 is 0 Å². The van der Waals surface area contributed by atoms with Gasteiger partial charge in [0.25, 0.3) is 5.91 Å². The predicted octanol–water partition coefficient (Wildman–Crippen LogP) is 5.76. The fourth-order valence-corrected chi connectivity index (χ4v) is 10.6. The minimum absolute atomic E-state index is 0.0283.